The van der Waals surface area contributed by atoms with Crippen LogP contribution < -0.4 is 15.5 Å². The number of aromatic nitrogens is 6. The van der Waals surface area contributed by atoms with Crippen molar-refractivity contribution in [3.63, 3.8) is 0 Å². The fraction of sp³-hybridized carbons (Fsp3) is 0.243. The lowest BCUT2D eigenvalue weighted by atomic mass is 10.0. The molecule has 6 heterocycles. The van der Waals surface area contributed by atoms with Crippen LogP contribution >= 0.6 is 12.4 Å². The van der Waals surface area contributed by atoms with Gasteiger partial charge in [-0.05, 0) is 61.1 Å². The van der Waals surface area contributed by atoms with E-state index in [4.69, 9.17) is 15.0 Å². The van der Waals surface area contributed by atoms with Gasteiger partial charge in [0.1, 0.15) is 17.7 Å². The van der Waals surface area contributed by atoms with Crippen LogP contribution in [0.3, 0.4) is 0 Å². The fourth-order valence-corrected chi connectivity index (χ4v) is 7.50. The van der Waals surface area contributed by atoms with E-state index in [1.165, 1.54) is 0 Å². The average Bonchev–Trinajstić information content (AvgIpc) is 3.95. The Morgan fingerprint density at radius 1 is 0.840 bits per heavy atom. The molecule has 3 aliphatic rings. The van der Waals surface area contributed by atoms with Gasteiger partial charge in [0.15, 0.2) is 0 Å². The number of nitrogens with one attached hydrogen (secondary N) is 4. The molecule has 0 aliphatic carbocycles. The third-order valence-electron chi connectivity index (χ3n) is 9.95. The van der Waals surface area contributed by atoms with Crippen LogP contribution in [0.25, 0.3) is 44.8 Å². The van der Waals surface area contributed by atoms with Crippen molar-refractivity contribution in [3.8, 4) is 33.8 Å². The zero-order chi connectivity index (χ0) is 33.1. The minimum absolute atomic E-state index is 0. The van der Waals surface area contributed by atoms with Gasteiger partial charge in [-0.2, -0.15) is 0 Å². The maximum atomic E-state index is 13.7. The maximum absolute atomic E-state index is 13.7. The van der Waals surface area contributed by atoms with Gasteiger partial charge in [0.25, 0.3) is 0 Å². The molecule has 252 valence electrons. The second kappa shape index (κ2) is 12.7. The molecule has 3 aromatic carbocycles. The van der Waals surface area contributed by atoms with E-state index in [0.29, 0.717) is 25.1 Å². The van der Waals surface area contributed by atoms with E-state index in [9.17, 15) is 14.7 Å². The molecule has 9 rings (SSSR count). The number of imidazole rings is 2. The van der Waals surface area contributed by atoms with Gasteiger partial charge in [-0.1, -0.05) is 48.5 Å². The summed E-state index contributed by atoms with van der Waals surface area (Å²) in [6, 6.07) is 19.3. The number of carboxylic acid groups (broad SMARTS) is 1. The number of halogens is 1. The molecule has 0 radical (unpaired) electrons. The van der Waals surface area contributed by atoms with Crippen LogP contribution in [0.2, 0.25) is 0 Å². The van der Waals surface area contributed by atoms with Gasteiger partial charge in [-0.15, -0.1) is 12.4 Å². The van der Waals surface area contributed by atoms with Crippen LogP contribution in [0.15, 0.2) is 79.3 Å². The van der Waals surface area contributed by atoms with E-state index in [-0.39, 0.29) is 30.4 Å². The standard InChI is InChI=1S/C37H33N9O3.ClH/c47-36-27(45-37(48)49)13-10-22-3-1-4-24-16-32(46(36)33(22)24)35-41-18-30(44-35)21-8-6-20(7-9-21)29-17-39-28-15-23(11-12-25(28)42-29)31-19-40-34(43-31)26-5-2-14-38-26;/h1,3-4,6-9,11-12,15,17-19,26-27,32,38,45H,2,5,10,13-14,16H2,(H,40,43)(H,41,44)(H,48,49);1H/t26-,27-,32-;/m0./s1. The summed E-state index contributed by atoms with van der Waals surface area (Å²) in [5.41, 5.74) is 10.1. The number of nitrogens with zero attached hydrogens (tertiary/aromatic N) is 5. The molecular weight excluding hydrogens is 654 g/mol. The summed E-state index contributed by atoms with van der Waals surface area (Å²) in [6.07, 6.45) is 8.14. The summed E-state index contributed by atoms with van der Waals surface area (Å²) in [5, 5.41) is 15.3. The van der Waals surface area contributed by atoms with Gasteiger partial charge in [0.05, 0.1) is 64.5 Å². The smallest absolute Gasteiger partial charge is 0.405 e. The van der Waals surface area contributed by atoms with Crippen LogP contribution in [0, 0.1) is 0 Å². The molecule has 1 saturated heterocycles. The Balaban J connectivity index is 0.00000361. The van der Waals surface area contributed by atoms with Gasteiger partial charge >= 0.3 is 6.09 Å². The minimum Gasteiger partial charge on any atom is -0.465 e. The summed E-state index contributed by atoms with van der Waals surface area (Å²) in [5.74, 6) is 1.38. The van der Waals surface area contributed by atoms with E-state index >= 15 is 0 Å². The number of carbonyl (C=O) groups excluding carboxylic acids is 1. The predicted molar refractivity (Wildman–Crippen MR) is 191 cm³/mol. The minimum atomic E-state index is -1.20. The number of hydrogen-bond acceptors (Lipinski definition) is 7. The normalized spacial score (nSPS) is 19.6. The number of fused-ring (bicyclic) bond motifs is 1. The van der Waals surface area contributed by atoms with Gasteiger partial charge < -0.3 is 25.7 Å². The van der Waals surface area contributed by atoms with Crippen LogP contribution in [-0.2, 0) is 17.6 Å². The molecule has 3 aromatic heterocycles. The monoisotopic (exact) mass is 687 g/mol. The van der Waals surface area contributed by atoms with E-state index in [0.717, 1.165) is 86.8 Å². The molecule has 12 nitrogen and oxygen atoms in total. The highest BCUT2D eigenvalue weighted by Crippen LogP contribution is 2.44. The van der Waals surface area contributed by atoms with Crippen molar-refractivity contribution in [1.29, 1.82) is 0 Å². The molecule has 13 heteroatoms. The summed E-state index contributed by atoms with van der Waals surface area (Å²) >= 11 is 0. The quantitative estimate of drug-likeness (QED) is 0.139. The number of hydrogen-bond donors (Lipinski definition) is 5. The first-order valence-corrected chi connectivity index (χ1v) is 16.6. The number of rotatable bonds is 6. The Labute approximate surface area is 293 Å². The zero-order valence-corrected chi connectivity index (χ0v) is 27.7. The van der Waals surface area contributed by atoms with Crippen molar-refractivity contribution in [1.82, 2.24) is 40.5 Å². The number of aromatic amines is 2. The molecule has 0 saturated carbocycles. The molecule has 0 unspecified atom stereocenters. The van der Waals surface area contributed by atoms with Crippen molar-refractivity contribution in [2.75, 3.05) is 11.4 Å². The Kier molecular flexibility index (Phi) is 8.04. The van der Waals surface area contributed by atoms with Crippen LogP contribution in [-0.4, -0.2) is 59.6 Å². The lowest BCUT2D eigenvalue weighted by molar-refractivity contribution is -0.120. The molecule has 3 aliphatic heterocycles. The van der Waals surface area contributed by atoms with Crippen LogP contribution in [0.5, 0.6) is 0 Å². The highest BCUT2D eigenvalue weighted by atomic mass is 35.5. The maximum Gasteiger partial charge on any atom is 0.405 e. The second-order valence-electron chi connectivity index (χ2n) is 12.9. The Morgan fingerprint density at radius 3 is 2.38 bits per heavy atom. The lowest BCUT2D eigenvalue weighted by Crippen LogP contribution is -2.48. The van der Waals surface area contributed by atoms with Gasteiger partial charge in [0, 0.05) is 17.5 Å². The van der Waals surface area contributed by atoms with E-state index in [2.05, 4.69) is 25.6 Å². The Morgan fingerprint density at radius 2 is 1.58 bits per heavy atom. The molecule has 5 N–H and O–H groups in total. The SMILES string of the molecule is Cl.O=C(O)N[C@H]1CCc2cccc3c2N(C1=O)[C@H](c1ncc(-c2ccc(-c4cnc5cc(-c6cnc([C@@H]7CCCN7)[nH]6)ccc5n4)cc2)[nH]1)C3. The van der Waals surface area contributed by atoms with Crippen molar-refractivity contribution in [3.05, 3.63) is 102 Å². The summed E-state index contributed by atoms with van der Waals surface area (Å²) in [4.78, 5) is 52.8. The molecule has 2 amide bonds. The van der Waals surface area contributed by atoms with E-state index in [1.807, 2.05) is 66.9 Å². The lowest BCUT2D eigenvalue weighted by Gasteiger charge is -2.27. The number of anilines is 1. The first-order chi connectivity index (χ1) is 24.0. The molecule has 6 aromatic rings. The van der Waals surface area contributed by atoms with Crippen molar-refractivity contribution in [2.24, 2.45) is 0 Å². The van der Waals surface area contributed by atoms with Crippen LogP contribution in [0.4, 0.5) is 10.5 Å². The summed E-state index contributed by atoms with van der Waals surface area (Å²) < 4.78 is 0. The van der Waals surface area contributed by atoms with Gasteiger partial charge in [-0.3, -0.25) is 14.7 Å². The molecular formula is C37H34ClN9O3. The first kappa shape index (κ1) is 31.7. The number of amides is 2. The largest absolute Gasteiger partial charge is 0.465 e. The van der Waals surface area contributed by atoms with Crippen molar-refractivity contribution in [2.45, 2.75) is 50.2 Å². The Bertz CT molecular complexity index is 2240. The summed E-state index contributed by atoms with van der Waals surface area (Å²) in [7, 11) is 0. The van der Waals surface area contributed by atoms with E-state index < -0.39 is 12.1 Å². The Hall–Kier alpha value is -5.59. The first-order valence-electron chi connectivity index (χ1n) is 16.6. The number of carbonyl (C=O) groups is 2. The summed E-state index contributed by atoms with van der Waals surface area (Å²) in [6.45, 7) is 1.03. The number of para-hydroxylation sites is 1. The molecule has 50 heavy (non-hydrogen) atoms. The van der Waals surface area contributed by atoms with Crippen molar-refractivity contribution >= 4 is 41.1 Å². The predicted octanol–water partition coefficient (Wildman–Crippen LogP) is 6.14. The fourth-order valence-electron chi connectivity index (χ4n) is 7.50. The molecule has 0 spiro atoms. The highest BCUT2D eigenvalue weighted by Gasteiger charge is 2.42. The van der Waals surface area contributed by atoms with Gasteiger partial charge in [0.2, 0.25) is 5.91 Å². The van der Waals surface area contributed by atoms with E-state index in [1.54, 1.807) is 17.3 Å². The third kappa shape index (κ3) is 5.56. The molecule has 0 bridgehead atoms. The number of benzene rings is 3. The number of aryl methyl sites for hydroxylation is 1. The number of H-pyrrole nitrogens is 2. The van der Waals surface area contributed by atoms with Gasteiger partial charge in [-0.25, -0.2) is 19.7 Å². The highest BCUT2D eigenvalue weighted by molar-refractivity contribution is 6.02. The second-order valence-corrected chi connectivity index (χ2v) is 12.9. The van der Waals surface area contributed by atoms with Crippen LogP contribution in [0.1, 0.15) is 54.1 Å². The molecule has 3 atom stereocenters. The van der Waals surface area contributed by atoms with Crippen molar-refractivity contribution < 1.29 is 14.7 Å². The third-order valence-corrected chi connectivity index (χ3v) is 9.95. The topological polar surface area (TPSA) is 165 Å². The average molecular weight is 688 g/mol. The molecule has 1 fully saturated rings. The zero-order valence-electron chi connectivity index (χ0n) is 26.9.